The second-order valence-corrected chi connectivity index (χ2v) is 7.50. The first-order chi connectivity index (χ1) is 11.4. The van der Waals surface area contributed by atoms with Gasteiger partial charge >= 0.3 is 11.9 Å². The van der Waals surface area contributed by atoms with Crippen LogP contribution in [0.15, 0.2) is 5.38 Å². The minimum atomic E-state index is -1.26. The monoisotopic (exact) mass is 354 g/mol. The van der Waals surface area contributed by atoms with Crippen molar-refractivity contribution in [3.8, 4) is 0 Å². The van der Waals surface area contributed by atoms with Gasteiger partial charge in [0.15, 0.2) is 16.1 Å². The molecule has 2 saturated heterocycles. The van der Waals surface area contributed by atoms with Gasteiger partial charge in [-0.25, -0.2) is 4.98 Å². The lowest BCUT2D eigenvalue weighted by Crippen LogP contribution is -2.32. The third-order valence-electron chi connectivity index (χ3n) is 4.60. The van der Waals surface area contributed by atoms with E-state index in [1.807, 2.05) is 0 Å². The molecule has 0 saturated carbocycles. The second kappa shape index (κ2) is 6.33. The molecule has 2 aliphatic rings. The molecule has 3 atom stereocenters. The van der Waals surface area contributed by atoms with Crippen molar-refractivity contribution in [2.24, 2.45) is 5.41 Å². The van der Waals surface area contributed by atoms with Crippen LogP contribution in [0.25, 0.3) is 0 Å². The Balaban J connectivity index is 1.71. The van der Waals surface area contributed by atoms with E-state index in [1.54, 1.807) is 12.3 Å². The zero-order chi connectivity index (χ0) is 17.4. The number of carbonyl (C=O) groups is 2. The molecule has 0 aromatic carbocycles. The zero-order valence-electron chi connectivity index (χ0n) is 13.9. The molecule has 8 heteroatoms. The SMILES string of the molecule is CCCCOCC1C[C@]2(CC(C)(c3csc(N)n3)OC2=O)C(=O)O1. The summed E-state index contributed by atoms with van der Waals surface area (Å²) in [5.74, 6) is -1.07. The third kappa shape index (κ3) is 2.88. The number of carbonyl (C=O) groups excluding carboxylic acids is 2. The summed E-state index contributed by atoms with van der Waals surface area (Å²) in [4.78, 5) is 29.1. The lowest BCUT2D eigenvalue weighted by atomic mass is 9.78. The molecule has 132 valence electrons. The molecule has 0 amide bonds. The highest BCUT2D eigenvalue weighted by molar-refractivity contribution is 7.13. The Morgan fingerprint density at radius 2 is 2.25 bits per heavy atom. The molecule has 1 aromatic heterocycles. The predicted molar refractivity (Wildman–Crippen MR) is 87.2 cm³/mol. The summed E-state index contributed by atoms with van der Waals surface area (Å²) in [6.45, 7) is 4.76. The van der Waals surface area contributed by atoms with Crippen LogP contribution in [-0.2, 0) is 29.4 Å². The summed E-state index contributed by atoms with van der Waals surface area (Å²) in [5, 5.41) is 2.16. The van der Waals surface area contributed by atoms with E-state index in [1.165, 1.54) is 11.3 Å². The number of hydrogen-bond donors (Lipinski definition) is 1. The minimum Gasteiger partial charge on any atom is -0.459 e. The number of nitrogens with zero attached hydrogens (tertiary/aromatic N) is 1. The Labute approximate surface area is 144 Å². The van der Waals surface area contributed by atoms with Crippen molar-refractivity contribution in [3.05, 3.63) is 11.1 Å². The van der Waals surface area contributed by atoms with Crippen molar-refractivity contribution in [1.82, 2.24) is 4.98 Å². The van der Waals surface area contributed by atoms with Crippen molar-refractivity contribution in [1.29, 1.82) is 0 Å². The van der Waals surface area contributed by atoms with Crippen molar-refractivity contribution < 1.29 is 23.8 Å². The van der Waals surface area contributed by atoms with E-state index in [0.29, 0.717) is 24.0 Å². The lowest BCUT2D eigenvalue weighted by molar-refractivity contribution is -0.160. The maximum absolute atomic E-state index is 12.5. The van der Waals surface area contributed by atoms with E-state index in [9.17, 15) is 9.59 Å². The first-order valence-corrected chi connectivity index (χ1v) is 9.01. The molecule has 7 nitrogen and oxygen atoms in total. The van der Waals surface area contributed by atoms with Gasteiger partial charge in [-0.1, -0.05) is 13.3 Å². The van der Waals surface area contributed by atoms with E-state index in [2.05, 4.69) is 11.9 Å². The number of hydrogen-bond acceptors (Lipinski definition) is 8. The standard InChI is InChI=1S/C16H22N2O5S/c1-3-4-5-21-7-10-6-16(12(19)22-10)9-15(2,23-13(16)20)11-8-24-14(17)18-11/h8,10H,3-7,9H2,1-2H3,(H2,17,18)/t10?,15?,16-/m0/s1. The molecule has 1 aromatic rings. The van der Waals surface area contributed by atoms with E-state index >= 15 is 0 Å². The van der Waals surface area contributed by atoms with Crippen LogP contribution in [0.2, 0.25) is 0 Å². The number of nitrogen functional groups attached to an aromatic ring is 1. The Morgan fingerprint density at radius 3 is 2.92 bits per heavy atom. The number of unbranched alkanes of at least 4 members (excludes halogenated alkanes) is 1. The lowest BCUT2D eigenvalue weighted by Gasteiger charge is -2.20. The zero-order valence-corrected chi connectivity index (χ0v) is 14.7. The van der Waals surface area contributed by atoms with Crippen LogP contribution in [0, 0.1) is 5.41 Å². The number of cyclic esters (lactones) is 2. The summed E-state index contributed by atoms with van der Waals surface area (Å²) in [6.07, 6.45) is 2.08. The van der Waals surface area contributed by atoms with Crippen LogP contribution in [0.1, 0.15) is 45.2 Å². The van der Waals surface area contributed by atoms with Crippen molar-refractivity contribution in [3.63, 3.8) is 0 Å². The quantitative estimate of drug-likeness (QED) is 0.474. The highest BCUT2D eigenvalue weighted by Crippen LogP contribution is 2.52. The molecule has 2 fully saturated rings. The molecule has 3 rings (SSSR count). The van der Waals surface area contributed by atoms with Crippen LogP contribution in [-0.4, -0.2) is 36.2 Å². The summed E-state index contributed by atoms with van der Waals surface area (Å²) in [6, 6.07) is 0. The van der Waals surface area contributed by atoms with Crippen molar-refractivity contribution >= 4 is 28.4 Å². The average molecular weight is 354 g/mol. The van der Waals surface area contributed by atoms with Gasteiger partial charge in [-0.2, -0.15) is 0 Å². The summed E-state index contributed by atoms with van der Waals surface area (Å²) >= 11 is 1.28. The Kier molecular flexibility index (Phi) is 4.52. The van der Waals surface area contributed by atoms with E-state index in [0.717, 1.165) is 12.8 Å². The van der Waals surface area contributed by atoms with Crippen LogP contribution in [0.4, 0.5) is 5.13 Å². The Morgan fingerprint density at radius 1 is 1.46 bits per heavy atom. The molecule has 24 heavy (non-hydrogen) atoms. The predicted octanol–water partition coefficient (Wildman–Crippen LogP) is 2.01. The van der Waals surface area contributed by atoms with Gasteiger partial charge < -0.3 is 19.9 Å². The van der Waals surface area contributed by atoms with Gasteiger partial charge in [-0.15, -0.1) is 11.3 Å². The van der Waals surface area contributed by atoms with Crippen LogP contribution in [0.3, 0.4) is 0 Å². The molecule has 2 aliphatic heterocycles. The van der Waals surface area contributed by atoms with Gasteiger partial charge in [-0.05, 0) is 13.3 Å². The minimum absolute atomic E-state index is 0.215. The van der Waals surface area contributed by atoms with Gasteiger partial charge in [0, 0.05) is 24.8 Å². The molecule has 0 aliphatic carbocycles. The molecule has 2 N–H and O–H groups in total. The van der Waals surface area contributed by atoms with Crippen LogP contribution in [0.5, 0.6) is 0 Å². The van der Waals surface area contributed by atoms with E-state index in [-0.39, 0.29) is 12.8 Å². The normalized spacial score (nSPS) is 32.3. The van der Waals surface area contributed by atoms with Crippen molar-refractivity contribution in [2.45, 2.75) is 51.2 Å². The van der Waals surface area contributed by atoms with Gasteiger partial charge in [0.2, 0.25) is 0 Å². The maximum atomic E-state index is 12.5. The largest absolute Gasteiger partial charge is 0.459 e. The maximum Gasteiger partial charge on any atom is 0.324 e. The number of rotatable bonds is 6. The summed E-state index contributed by atoms with van der Waals surface area (Å²) in [5.41, 5.74) is 4.03. The third-order valence-corrected chi connectivity index (χ3v) is 5.27. The fourth-order valence-electron chi connectivity index (χ4n) is 3.30. The number of thiazole rings is 1. The second-order valence-electron chi connectivity index (χ2n) is 6.61. The molecular formula is C16H22N2O5S. The van der Waals surface area contributed by atoms with Crippen LogP contribution < -0.4 is 5.73 Å². The Hall–Kier alpha value is -1.67. The highest BCUT2D eigenvalue weighted by Gasteiger charge is 2.65. The topological polar surface area (TPSA) is 101 Å². The summed E-state index contributed by atoms with van der Waals surface area (Å²) < 4.78 is 16.5. The van der Waals surface area contributed by atoms with E-state index < -0.39 is 29.1 Å². The average Bonchev–Trinajstić information content (AvgIpc) is 3.16. The van der Waals surface area contributed by atoms with Gasteiger partial charge in [0.1, 0.15) is 6.10 Å². The number of ether oxygens (including phenoxy) is 3. The molecular weight excluding hydrogens is 332 g/mol. The molecule has 3 heterocycles. The van der Waals surface area contributed by atoms with Gasteiger partial charge in [0.05, 0.1) is 12.3 Å². The fourth-order valence-corrected chi connectivity index (χ4v) is 3.99. The molecule has 2 unspecified atom stereocenters. The number of aromatic nitrogens is 1. The van der Waals surface area contributed by atoms with Gasteiger partial charge in [-0.3, -0.25) is 9.59 Å². The van der Waals surface area contributed by atoms with E-state index in [4.69, 9.17) is 19.9 Å². The fraction of sp³-hybridized carbons (Fsp3) is 0.688. The first kappa shape index (κ1) is 17.2. The smallest absolute Gasteiger partial charge is 0.324 e. The molecule has 0 radical (unpaired) electrons. The number of nitrogens with two attached hydrogens (primary N) is 1. The summed E-state index contributed by atoms with van der Waals surface area (Å²) in [7, 11) is 0. The molecule has 1 spiro atoms. The van der Waals surface area contributed by atoms with Crippen molar-refractivity contribution in [2.75, 3.05) is 18.9 Å². The molecule has 0 bridgehead atoms. The van der Waals surface area contributed by atoms with Crippen LogP contribution >= 0.6 is 11.3 Å². The Bertz CT molecular complexity index is 648. The first-order valence-electron chi connectivity index (χ1n) is 8.13. The highest BCUT2D eigenvalue weighted by atomic mass is 32.1. The number of esters is 2. The van der Waals surface area contributed by atoms with Gasteiger partial charge in [0.25, 0.3) is 0 Å². The number of anilines is 1.